The van der Waals surface area contributed by atoms with Crippen molar-refractivity contribution in [3.8, 4) is 0 Å². The molecule has 1 aliphatic rings. The van der Waals surface area contributed by atoms with E-state index >= 15 is 0 Å². The predicted octanol–water partition coefficient (Wildman–Crippen LogP) is 0.681. The van der Waals surface area contributed by atoms with Gasteiger partial charge in [0, 0.05) is 26.1 Å². The zero-order chi connectivity index (χ0) is 13.1. The average molecular weight is 286 g/mol. The molecule has 0 aliphatic carbocycles. The maximum absolute atomic E-state index is 12.0. The van der Waals surface area contributed by atoms with Crippen LogP contribution in [0.1, 0.15) is 13.8 Å². The second-order valence-corrected chi connectivity index (χ2v) is 7.15. The Bertz CT molecular complexity index is 344. The van der Waals surface area contributed by atoms with E-state index in [1.165, 1.54) is 11.4 Å². The van der Waals surface area contributed by atoms with E-state index in [9.17, 15) is 8.42 Å². The van der Waals surface area contributed by atoms with Gasteiger partial charge in [0.2, 0.25) is 10.0 Å². The lowest BCUT2D eigenvalue weighted by molar-refractivity contribution is -0.107. The standard InChI is InChI=1S/C10H20ClNO4S/c1-10(2)8-12(7-9(6-11)16-10)17(13,14)5-4-15-3/h9H,4-8H2,1-3H3. The van der Waals surface area contributed by atoms with Crippen LogP contribution in [0.4, 0.5) is 0 Å². The Labute approximate surface area is 108 Å². The molecule has 1 unspecified atom stereocenters. The molecule has 0 radical (unpaired) electrons. The van der Waals surface area contributed by atoms with Gasteiger partial charge in [-0.25, -0.2) is 8.42 Å². The fourth-order valence-electron chi connectivity index (χ4n) is 1.85. The summed E-state index contributed by atoms with van der Waals surface area (Å²) in [6, 6.07) is 0. The van der Waals surface area contributed by atoms with Gasteiger partial charge in [0.25, 0.3) is 0 Å². The predicted molar refractivity (Wildman–Crippen MR) is 66.9 cm³/mol. The average Bonchev–Trinajstić information content (AvgIpc) is 2.24. The Kier molecular flexibility index (Phi) is 5.21. The van der Waals surface area contributed by atoms with Crippen LogP contribution in [0, 0.1) is 0 Å². The molecule has 0 aromatic rings. The first-order valence-electron chi connectivity index (χ1n) is 5.51. The van der Waals surface area contributed by atoms with Crippen LogP contribution < -0.4 is 0 Å². The number of nitrogens with zero attached hydrogens (tertiary/aromatic N) is 1. The third-order valence-corrected chi connectivity index (χ3v) is 4.65. The maximum Gasteiger partial charge on any atom is 0.216 e. The number of sulfonamides is 1. The molecule has 1 saturated heterocycles. The van der Waals surface area contributed by atoms with E-state index in [2.05, 4.69) is 0 Å². The molecule has 17 heavy (non-hydrogen) atoms. The highest BCUT2D eigenvalue weighted by molar-refractivity contribution is 7.89. The number of alkyl halides is 1. The number of hydrogen-bond acceptors (Lipinski definition) is 4. The van der Waals surface area contributed by atoms with Gasteiger partial charge >= 0.3 is 0 Å². The van der Waals surface area contributed by atoms with E-state index in [0.29, 0.717) is 19.0 Å². The number of halogens is 1. The largest absolute Gasteiger partial charge is 0.384 e. The Balaban J connectivity index is 2.76. The van der Waals surface area contributed by atoms with Crippen LogP contribution in [0.25, 0.3) is 0 Å². The summed E-state index contributed by atoms with van der Waals surface area (Å²) in [4.78, 5) is 0. The highest BCUT2D eigenvalue weighted by atomic mass is 35.5. The monoisotopic (exact) mass is 285 g/mol. The van der Waals surface area contributed by atoms with Crippen LogP contribution in [0.5, 0.6) is 0 Å². The van der Waals surface area contributed by atoms with Crippen molar-refractivity contribution in [3.63, 3.8) is 0 Å². The molecule has 0 N–H and O–H groups in total. The van der Waals surface area contributed by atoms with Gasteiger partial charge in [0.05, 0.1) is 24.1 Å². The lowest BCUT2D eigenvalue weighted by Gasteiger charge is -2.41. The summed E-state index contributed by atoms with van der Waals surface area (Å²) in [5.74, 6) is 0.286. The van der Waals surface area contributed by atoms with Gasteiger partial charge in [-0.1, -0.05) is 0 Å². The molecule has 0 saturated carbocycles. The highest BCUT2D eigenvalue weighted by Crippen LogP contribution is 2.23. The quantitative estimate of drug-likeness (QED) is 0.697. The maximum atomic E-state index is 12.0. The lowest BCUT2D eigenvalue weighted by Crippen LogP contribution is -2.55. The van der Waals surface area contributed by atoms with Crippen molar-refractivity contribution >= 4 is 21.6 Å². The number of ether oxygens (including phenoxy) is 2. The lowest BCUT2D eigenvalue weighted by atomic mass is 10.1. The van der Waals surface area contributed by atoms with E-state index in [1.54, 1.807) is 0 Å². The summed E-state index contributed by atoms with van der Waals surface area (Å²) in [5.41, 5.74) is -0.502. The highest BCUT2D eigenvalue weighted by Gasteiger charge is 2.38. The van der Waals surface area contributed by atoms with Crippen LogP contribution in [-0.4, -0.2) is 62.9 Å². The van der Waals surface area contributed by atoms with E-state index < -0.39 is 15.6 Å². The van der Waals surface area contributed by atoms with Crippen molar-refractivity contribution in [1.82, 2.24) is 4.31 Å². The topological polar surface area (TPSA) is 55.8 Å². The zero-order valence-electron chi connectivity index (χ0n) is 10.5. The second kappa shape index (κ2) is 5.84. The number of rotatable bonds is 5. The fourth-order valence-corrected chi connectivity index (χ4v) is 3.55. The van der Waals surface area contributed by atoms with E-state index in [0.717, 1.165) is 0 Å². The SMILES string of the molecule is COCCS(=O)(=O)N1CC(CCl)OC(C)(C)C1. The third-order valence-electron chi connectivity index (χ3n) is 2.56. The molecule has 1 rings (SSSR count). The van der Waals surface area contributed by atoms with Crippen molar-refractivity contribution in [2.24, 2.45) is 0 Å². The van der Waals surface area contributed by atoms with Gasteiger partial charge in [0.15, 0.2) is 0 Å². The van der Waals surface area contributed by atoms with Crippen molar-refractivity contribution in [1.29, 1.82) is 0 Å². The Morgan fingerprint density at radius 1 is 1.53 bits per heavy atom. The van der Waals surface area contributed by atoms with Gasteiger partial charge in [-0.2, -0.15) is 4.31 Å². The summed E-state index contributed by atoms with van der Waals surface area (Å²) < 4.78 is 36.0. The molecule has 0 aromatic heterocycles. The molecular formula is C10H20ClNO4S. The minimum absolute atomic E-state index is 0.00537. The minimum Gasteiger partial charge on any atom is -0.384 e. The molecule has 1 aliphatic heterocycles. The Hall–Kier alpha value is 0.120. The minimum atomic E-state index is -3.29. The van der Waals surface area contributed by atoms with Crippen LogP contribution >= 0.6 is 11.6 Å². The van der Waals surface area contributed by atoms with Crippen molar-refractivity contribution in [3.05, 3.63) is 0 Å². The summed E-state index contributed by atoms with van der Waals surface area (Å²) in [7, 11) is -1.80. The van der Waals surface area contributed by atoms with E-state index in [1.807, 2.05) is 13.8 Å². The molecular weight excluding hydrogens is 266 g/mol. The molecule has 0 aromatic carbocycles. The zero-order valence-corrected chi connectivity index (χ0v) is 12.1. The molecule has 0 bridgehead atoms. The first-order valence-corrected chi connectivity index (χ1v) is 7.65. The Morgan fingerprint density at radius 2 is 2.18 bits per heavy atom. The van der Waals surface area contributed by atoms with Crippen molar-refractivity contribution in [2.75, 3.05) is 38.4 Å². The number of methoxy groups -OCH3 is 1. The van der Waals surface area contributed by atoms with Gasteiger partial charge in [-0.05, 0) is 13.8 Å². The first-order chi connectivity index (χ1) is 7.80. The summed E-state index contributed by atoms with van der Waals surface area (Å²) in [5, 5.41) is 0. The van der Waals surface area contributed by atoms with Gasteiger partial charge in [-0.3, -0.25) is 0 Å². The summed E-state index contributed by atoms with van der Waals surface area (Å²) in [6.45, 7) is 4.60. The summed E-state index contributed by atoms with van der Waals surface area (Å²) >= 11 is 5.76. The number of morpholine rings is 1. The molecule has 102 valence electrons. The number of hydrogen-bond donors (Lipinski definition) is 0. The van der Waals surface area contributed by atoms with Gasteiger partial charge in [0.1, 0.15) is 0 Å². The Morgan fingerprint density at radius 3 is 2.71 bits per heavy atom. The van der Waals surface area contributed by atoms with E-state index in [4.69, 9.17) is 21.1 Å². The normalized spacial score (nSPS) is 26.0. The smallest absolute Gasteiger partial charge is 0.216 e. The van der Waals surface area contributed by atoms with Crippen LogP contribution in [0.3, 0.4) is 0 Å². The van der Waals surface area contributed by atoms with Crippen LogP contribution in [0.2, 0.25) is 0 Å². The van der Waals surface area contributed by atoms with Gasteiger partial charge in [-0.15, -0.1) is 11.6 Å². The van der Waals surface area contributed by atoms with Crippen LogP contribution in [-0.2, 0) is 19.5 Å². The molecule has 1 heterocycles. The molecule has 5 nitrogen and oxygen atoms in total. The molecule has 1 fully saturated rings. The first kappa shape index (κ1) is 15.2. The van der Waals surface area contributed by atoms with Gasteiger partial charge < -0.3 is 9.47 Å². The second-order valence-electron chi connectivity index (χ2n) is 4.76. The van der Waals surface area contributed by atoms with Crippen molar-refractivity contribution < 1.29 is 17.9 Å². The molecule has 0 amide bonds. The molecule has 1 atom stereocenters. The fraction of sp³-hybridized carbons (Fsp3) is 1.00. The molecule has 0 spiro atoms. The van der Waals surface area contributed by atoms with Crippen molar-refractivity contribution in [2.45, 2.75) is 25.6 Å². The van der Waals surface area contributed by atoms with E-state index in [-0.39, 0.29) is 18.5 Å². The molecule has 7 heteroatoms. The third kappa shape index (κ3) is 4.37. The van der Waals surface area contributed by atoms with Crippen LogP contribution in [0.15, 0.2) is 0 Å². The summed E-state index contributed by atoms with van der Waals surface area (Å²) in [6.07, 6.45) is -0.252.